The first-order valence-electron chi connectivity index (χ1n) is 7.24. The van der Waals surface area contributed by atoms with E-state index in [0.29, 0.717) is 0 Å². The van der Waals surface area contributed by atoms with Crippen molar-refractivity contribution in [2.75, 3.05) is 13.2 Å². The normalized spacial score (nSPS) is 35.4. The summed E-state index contributed by atoms with van der Waals surface area (Å²) in [4.78, 5) is 11.1. The minimum atomic E-state index is -1.59. The third kappa shape index (κ3) is 5.33. The maximum absolute atomic E-state index is 11.1. The quantitative estimate of drug-likeness (QED) is 0.245. The highest BCUT2D eigenvalue weighted by atomic mass is 16.7. The molecule has 0 aromatic rings. The number of hydrogen-bond donors (Lipinski definition) is 7. The van der Waals surface area contributed by atoms with Crippen LogP contribution in [-0.4, -0.2) is 98.7 Å². The minimum absolute atomic E-state index is 0.339. The molecule has 136 valence electrons. The average molecular weight is 339 g/mol. The second kappa shape index (κ2) is 8.85. The monoisotopic (exact) mass is 339 g/mol. The Balaban J connectivity index is 2.69. The number of amides is 1. The summed E-state index contributed by atoms with van der Waals surface area (Å²) in [6, 6.07) is -0.986. The third-order valence-corrected chi connectivity index (χ3v) is 3.58. The molecule has 7 N–H and O–H groups in total. The van der Waals surface area contributed by atoms with E-state index in [1.54, 1.807) is 0 Å². The SMILES string of the molecule is CC(=O)N[C@@H](COC1OC(CO)C(O)C(O)C1O)[C@H](O)[C@@H](C)O. The van der Waals surface area contributed by atoms with Gasteiger partial charge in [-0.05, 0) is 6.92 Å². The van der Waals surface area contributed by atoms with Crippen molar-refractivity contribution in [2.45, 2.75) is 62.8 Å². The lowest BCUT2D eigenvalue weighted by Crippen LogP contribution is -2.60. The molecule has 0 bridgehead atoms. The average Bonchev–Trinajstić information content (AvgIpc) is 2.49. The molecule has 1 amide bonds. The number of carbonyl (C=O) groups excluding carboxylic acids is 1. The molecule has 1 fully saturated rings. The maximum Gasteiger partial charge on any atom is 0.217 e. The fourth-order valence-electron chi connectivity index (χ4n) is 2.23. The van der Waals surface area contributed by atoms with Gasteiger partial charge in [0.1, 0.15) is 30.5 Å². The second-order valence-electron chi connectivity index (χ2n) is 5.57. The van der Waals surface area contributed by atoms with Gasteiger partial charge >= 0.3 is 0 Å². The maximum atomic E-state index is 11.1. The molecule has 0 aromatic heterocycles. The zero-order valence-corrected chi connectivity index (χ0v) is 12.9. The number of hydrogen-bond acceptors (Lipinski definition) is 9. The van der Waals surface area contributed by atoms with E-state index in [2.05, 4.69) is 5.32 Å². The van der Waals surface area contributed by atoms with E-state index in [1.165, 1.54) is 13.8 Å². The van der Waals surface area contributed by atoms with E-state index >= 15 is 0 Å². The van der Waals surface area contributed by atoms with Crippen LogP contribution in [0.2, 0.25) is 0 Å². The molecule has 0 radical (unpaired) electrons. The van der Waals surface area contributed by atoms with Crippen LogP contribution < -0.4 is 5.32 Å². The van der Waals surface area contributed by atoms with Crippen LogP contribution in [0.3, 0.4) is 0 Å². The van der Waals surface area contributed by atoms with Crippen molar-refractivity contribution in [1.29, 1.82) is 0 Å². The first kappa shape index (κ1) is 20.2. The van der Waals surface area contributed by atoms with Crippen LogP contribution >= 0.6 is 0 Å². The van der Waals surface area contributed by atoms with Gasteiger partial charge < -0.3 is 45.4 Å². The van der Waals surface area contributed by atoms with Crippen molar-refractivity contribution in [1.82, 2.24) is 5.32 Å². The van der Waals surface area contributed by atoms with Crippen molar-refractivity contribution in [3.05, 3.63) is 0 Å². The van der Waals surface area contributed by atoms with Gasteiger partial charge in [-0.15, -0.1) is 0 Å². The molecule has 0 aliphatic carbocycles. The predicted octanol–water partition coefficient (Wildman–Crippen LogP) is -3.95. The van der Waals surface area contributed by atoms with Crippen LogP contribution in [0.25, 0.3) is 0 Å². The van der Waals surface area contributed by atoms with Crippen LogP contribution in [0.1, 0.15) is 13.8 Å². The van der Waals surface area contributed by atoms with Gasteiger partial charge in [-0.25, -0.2) is 0 Å². The molecule has 23 heavy (non-hydrogen) atoms. The number of rotatable bonds is 7. The Kier molecular flexibility index (Phi) is 7.77. The van der Waals surface area contributed by atoms with Gasteiger partial charge in [0.2, 0.25) is 5.91 Å². The third-order valence-electron chi connectivity index (χ3n) is 3.58. The van der Waals surface area contributed by atoms with Crippen molar-refractivity contribution in [3.8, 4) is 0 Å². The molecule has 1 saturated heterocycles. The van der Waals surface area contributed by atoms with Gasteiger partial charge in [-0.3, -0.25) is 4.79 Å². The first-order valence-corrected chi connectivity index (χ1v) is 7.24. The number of aliphatic hydroxyl groups is 6. The summed E-state index contributed by atoms with van der Waals surface area (Å²) in [6.07, 6.45) is -9.68. The minimum Gasteiger partial charge on any atom is -0.394 e. The Hall–Kier alpha value is -0.850. The fourth-order valence-corrected chi connectivity index (χ4v) is 2.23. The molecular formula is C13H25NO9. The van der Waals surface area contributed by atoms with E-state index < -0.39 is 61.5 Å². The van der Waals surface area contributed by atoms with Gasteiger partial charge in [0.15, 0.2) is 6.29 Å². The van der Waals surface area contributed by atoms with Crippen LogP contribution in [0.15, 0.2) is 0 Å². The van der Waals surface area contributed by atoms with E-state index in [1.807, 2.05) is 0 Å². The molecular weight excluding hydrogens is 314 g/mol. The van der Waals surface area contributed by atoms with Gasteiger partial charge in [0.05, 0.1) is 25.4 Å². The second-order valence-corrected chi connectivity index (χ2v) is 5.57. The predicted molar refractivity (Wildman–Crippen MR) is 75.0 cm³/mol. The molecule has 0 saturated carbocycles. The highest BCUT2D eigenvalue weighted by molar-refractivity contribution is 5.73. The molecule has 1 aliphatic heterocycles. The molecule has 0 aromatic carbocycles. The van der Waals surface area contributed by atoms with Crippen LogP contribution in [0.5, 0.6) is 0 Å². The number of carbonyl (C=O) groups is 1. The summed E-state index contributed by atoms with van der Waals surface area (Å²) in [5.41, 5.74) is 0. The van der Waals surface area contributed by atoms with Gasteiger partial charge in [0, 0.05) is 6.92 Å². The lowest BCUT2D eigenvalue weighted by atomic mass is 9.99. The standard InChI is InChI=1S/C13H25NO9/c1-5(16)9(18)7(14-6(2)17)4-22-13-12(21)11(20)10(19)8(3-15)23-13/h5,7-13,15-16,18-21H,3-4H2,1-2H3,(H,14,17)/t5-,7+,8?,9-,10?,11?,12?,13?/m1/s1. The molecule has 8 atom stereocenters. The van der Waals surface area contributed by atoms with Gasteiger partial charge in [0.25, 0.3) is 0 Å². The highest BCUT2D eigenvalue weighted by Gasteiger charge is 2.44. The summed E-state index contributed by atoms with van der Waals surface area (Å²) in [6.45, 7) is 1.60. The smallest absolute Gasteiger partial charge is 0.217 e. The van der Waals surface area contributed by atoms with Crippen LogP contribution in [-0.2, 0) is 14.3 Å². The summed E-state index contributed by atoms with van der Waals surface area (Å²) in [5.74, 6) is -0.466. The van der Waals surface area contributed by atoms with E-state index in [9.17, 15) is 30.3 Å². The zero-order valence-electron chi connectivity index (χ0n) is 12.9. The topological polar surface area (TPSA) is 169 Å². The zero-order chi connectivity index (χ0) is 17.7. The van der Waals surface area contributed by atoms with Gasteiger partial charge in [-0.1, -0.05) is 0 Å². The van der Waals surface area contributed by atoms with Crippen molar-refractivity contribution >= 4 is 5.91 Å². The largest absolute Gasteiger partial charge is 0.394 e. The fraction of sp³-hybridized carbons (Fsp3) is 0.923. The van der Waals surface area contributed by atoms with Crippen LogP contribution in [0, 0.1) is 0 Å². The summed E-state index contributed by atoms with van der Waals surface area (Å²) in [5, 5.41) is 59.8. The Morgan fingerprint density at radius 2 is 1.83 bits per heavy atom. The van der Waals surface area contributed by atoms with Crippen LogP contribution in [0.4, 0.5) is 0 Å². The lowest BCUT2D eigenvalue weighted by molar-refractivity contribution is -0.303. The van der Waals surface area contributed by atoms with Crippen molar-refractivity contribution in [3.63, 3.8) is 0 Å². The number of nitrogens with one attached hydrogen (secondary N) is 1. The molecule has 10 nitrogen and oxygen atoms in total. The Morgan fingerprint density at radius 3 is 2.30 bits per heavy atom. The molecule has 0 spiro atoms. The number of ether oxygens (including phenoxy) is 2. The molecule has 10 heteroatoms. The summed E-state index contributed by atoms with van der Waals surface area (Å²) in [7, 11) is 0. The lowest BCUT2D eigenvalue weighted by Gasteiger charge is -2.40. The Morgan fingerprint density at radius 1 is 1.22 bits per heavy atom. The molecule has 1 rings (SSSR count). The number of aliphatic hydroxyl groups excluding tert-OH is 6. The van der Waals surface area contributed by atoms with Crippen molar-refractivity contribution < 1.29 is 44.9 Å². The Bertz CT molecular complexity index is 378. The van der Waals surface area contributed by atoms with Gasteiger partial charge in [-0.2, -0.15) is 0 Å². The highest BCUT2D eigenvalue weighted by Crippen LogP contribution is 2.22. The summed E-state index contributed by atoms with van der Waals surface area (Å²) < 4.78 is 10.4. The van der Waals surface area contributed by atoms with E-state index in [0.717, 1.165) is 0 Å². The molecule has 5 unspecified atom stereocenters. The first-order chi connectivity index (χ1) is 10.7. The Labute approximate surface area is 133 Å². The molecule has 1 heterocycles. The summed E-state index contributed by atoms with van der Waals surface area (Å²) >= 11 is 0. The molecule has 1 aliphatic rings. The van der Waals surface area contributed by atoms with Crippen molar-refractivity contribution in [2.24, 2.45) is 0 Å². The van der Waals surface area contributed by atoms with E-state index in [-0.39, 0.29) is 6.61 Å². The van der Waals surface area contributed by atoms with E-state index in [4.69, 9.17) is 14.6 Å².